The van der Waals surface area contributed by atoms with E-state index < -0.39 is 10.0 Å². The Hall–Kier alpha value is -1.60. The number of sulfonamides is 1. The number of rotatable bonds is 5. The molecular weight excluding hydrogens is 314 g/mol. The number of piperidine rings is 1. The molecule has 1 atom stereocenters. The highest BCUT2D eigenvalue weighted by Crippen LogP contribution is 2.30. The monoisotopic (exact) mass is 339 g/mol. The van der Waals surface area contributed by atoms with E-state index in [1.165, 1.54) is 0 Å². The van der Waals surface area contributed by atoms with Crippen LogP contribution in [0.5, 0.6) is 0 Å². The number of amides is 1. The highest BCUT2D eigenvalue weighted by molar-refractivity contribution is 7.92. The summed E-state index contributed by atoms with van der Waals surface area (Å²) in [5.74, 6) is -0.0370. The zero-order valence-corrected chi connectivity index (χ0v) is 14.7. The molecule has 1 heterocycles. The maximum absolute atomic E-state index is 12.5. The van der Waals surface area contributed by atoms with Gasteiger partial charge in [0.15, 0.2) is 0 Å². The molecule has 2 rings (SSSR count). The summed E-state index contributed by atoms with van der Waals surface area (Å²) in [6, 6.07) is 6.45. The van der Waals surface area contributed by atoms with Crippen LogP contribution in [0.4, 0.5) is 11.4 Å². The fourth-order valence-electron chi connectivity index (χ4n) is 2.75. The Morgan fingerprint density at radius 1 is 1.26 bits per heavy atom. The van der Waals surface area contributed by atoms with Crippen molar-refractivity contribution in [3.8, 4) is 0 Å². The van der Waals surface area contributed by atoms with Crippen molar-refractivity contribution in [1.82, 2.24) is 5.32 Å². The van der Waals surface area contributed by atoms with Crippen LogP contribution in [0.15, 0.2) is 24.3 Å². The van der Waals surface area contributed by atoms with Crippen molar-refractivity contribution in [2.75, 3.05) is 22.3 Å². The van der Waals surface area contributed by atoms with Crippen molar-refractivity contribution in [1.29, 1.82) is 0 Å². The molecule has 0 aliphatic carbocycles. The Morgan fingerprint density at radius 3 is 2.43 bits per heavy atom. The van der Waals surface area contributed by atoms with E-state index in [0.29, 0.717) is 11.4 Å². The van der Waals surface area contributed by atoms with E-state index in [4.69, 9.17) is 0 Å². The van der Waals surface area contributed by atoms with Crippen molar-refractivity contribution in [3.05, 3.63) is 24.3 Å². The quantitative estimate of drug-likeness (QED) is 0.767. The summed E-state index contributed by atoms with van der Waals surface area (Å²) < 4.78 is 25.5. The van der Waals surface area contributed by atoms with Crippen LogP contribution in [0.3, 0.4) is 0 Å². The molecule has 1 unspecified atom stereocenters. The second-order valence-corrected chi connectivity index (χ2v) is 8.56. The van der Waals surface area contributed by atoms with Gasteiger partial charge in [0.2, 0.25) is 15.9 Å². The largest absolute Gasteiger partial charge is 0.325 e. The van der Waals surface area contributed by atoms with Gasteiger partial charge in [0.25, 0.3) is 0 Å². The van der Waals surface area contributed by atoms with Crippen molar-refractivity contribution < 1.29 is 13.2 Å². The Morgan fingerprint density at radius 2 is 1.87 bits per heavy atom. The Kier molecular flexibility index (Phi) is 5.31. The minimum atomic E-state index is -3.29. The van der Waals surface area contributed by atoms with E-state index in [2.05, 4.69) is 29.2 Å². The predicted octanol–water partition coefficient (Wildman–Crippen LogP) is 2.16. The Bertz CT molecular complexity index is 654. The van der Waals surface area contributed by atoms with Crippen LogP contribution in [0.2, 0.25) is 0 Å². The smallest absolute Gasteiger partial charge is 0.242 e. The summed E-state index contributed by atoms with van der Waals surface area (Å²) in [5.41, 5.74) is 1.05. The van der Waals surface area contributed by atoms with Crippen LogP contribution in [-0.2, 0) is 14.8 Å². The van der Waals surface area contributed by atoms with Gasteiger partial charge in [-0.1, -0.05) is 13.8 Å². The SMILES string of the molecule is CCS(=O)(=O)Nc1ccc(NC(=O)C2NCCCC2(C)C)cc1. The van der Waals surface area contributed by atoms with Gasteiger partial charge in [0.1, 0.15) is 0 Å². The molecule has 0 saturated carbocycles. The van der Waals surface area contributed by atoms with Crippen LogP contribution in [-0.4, -0.2) is 32.7 Å². The van der Waals surface area contributed by atoms with Crippen LogP contribution in [0.25, 0.3) is 0 Å². The Labute approximate surface area is 138 Å². The lowest BCUT2D eigenvalue weighted by Gasteiger charge is -2.38. The van der Waals surface area contributed by atoms with E-state index in [-0.39, 0.29) is 23.1 Å². The fourth-order valence-corrected chi connectivity index (χ4v) is 3.39. The molecule has 6 nitrogen and oxygen atoms in total. The van der Waals surface area contributed by atoms with Gasteiger partial charge in [-0.3, -0.25) is 9.52 Å². The molecule has 1 fully saturated rings. The van der Waals surface area contributed by atoms with E-state index in [9.17, 15) is 13.2 Å². The minimum Gasteiger partial charge on any atom is -0.325 e. The van der Waals surface area contributed by atoms with E-state index in [0.717, 1.165) is 19.4 Å². The summed E-state index contributed by atoms with van der Waals surface area (Å²) in [6.45, 7) is 6.60. The van der Waals surface area contributed by atoms with Gasteiger partial charge in [-0.2, -0.15) is 0 Å². The van der Waals surface area contributed by atoms with E-state index in [1.54, 1.807) is 31.2 Å². The number of hydrogen-bond acceptors (Lipinski definition) is 4. The van der Waals surface area contributed by atoms with Gasteiger partial charge in [-0.25, -0.2) is 8.42 Å². The summed E-state index contributed by atoms with van der Waals surface area (Å²) >= 11 is 0. The Balaban J connectivity index is 2.02. The predicted molar refractivity (Wildman–Crippen MR) is 93.0 cm³/mol. The van der Waals surface area contributed by atoms with Crippen molar-refractivity contribution >= 4 is 27.3 Å². The first-order chi connectivity index (χ1) is 10.7. The first-order valence-corrected chi connectivity index (χ1v) is 9.53. The van der Waals surface area contributed by atoms with Crippen molar-refractivity contribution in [2.24, 2.45) is 5.41 Å². The molecule has 1 aliphatic heterocycles. The van der Waals surface area contributed by atoms with Crippen LogP contribution >= 0.6 is 0 Å². The fraction of sp³-hybridized carbons (Fsp3) is 0.562. The summed E-state index contributed by atoms with van der Waals surface area (Å²) in [5, 5.41) is 6.17. The van der Waals surface area contributed by atoms with Crippen molar-refractivity contribution in [2.45, 2.75) is 39.7 Å². The number of carbonyl (C=O) groups excluding carboxylic acids is 1. The normalized spacial score (nSPS) is 20.7. The summed E-state index contributed by atoms with van der Waals surface area (Å²) in [7, 11) is -3.29. The molecule has 1 aromatic carbocycles. The molecule has 128 valence electrons. The lowest BCUT2D eigenvalue weighted by atomic mass is 9.77. The third kappa shape index (κ3) is 4.68. The van der Waals surface area contributed by atoms with Crippen LogP contribution in [0, 0.1) is 5.41 Å². The van der Waals surface area contributed by atoms with Gasteiger partial charge in [0, 0.05) is 11.4 Å². The van der Waals surface area contributed by atoms with Gasteiger partial charge in [-0.15, -0.1) is 0 Å². The first-order valence-electron chi connectivity index (χ1n) is 7.88. The molecule has 1 aromatic rings. The maximum atomic E-state index is 12.5. The summed E-state index contributed by atoms with van der Waals surface area (Å²) in [4.78, 5) is 12.5. The topological polar surface area (TPSA) is 87.3 Å². The molecule has 0 radical (unpaired) electrons. The van der Waals surface area contributed by atoms with Gasteiger partial charge >= 0.3 is 0 Å². The molecule has 23 heavy (non-hydrogen) atoms. The second kappa shape index (κ2) is 6.88. The number of hydrogen-bond donors (Lipinski definition) is 3. The van der Waals surface area contributed by atoms with E-state index >= 15 is 0 Å². The van der Waals surface area contributed by atoms with Gasteiger partial charge in [0.05, 0.1) is 11.8 Å². The third-order valence-electron chi connectivity index (χ3n) is 4.20. The highest BCUT2D eigenvalue weighted by atomic mass is 32.2. The number of benzene rings is 1. The van der Waals surface area contributed by atoms with E-state index in [1.807, 2.05) is 0 Å². The molecule has 1 saturated heterocycles. The van der Waals surface area contributed by atoms with Crippen LogP contribution in [0.1, 0.15) is 33.6 Å². The molecular formula is C16H25N3O3S. The lowest BCUT2D eigenvalue weighted by molar-refractivity contribution is -0.121. The number of anilines is 2. The third-order valence-corrected chi connectivity index (χ3v) is 5.50. The molecule has 0 bridgehead atoms. The molecule has 3 N–H and O–H groups in total. The van der Waals surface area contributed by atoms with Gasteiger partial charge < -0.3 is 10.6 Å². The lowest BCUT2D eigenvalue weighted by Crippen LogP contribution is -2.53. The average Bonchev–Trinajstić information content (AvgIpc) is 2.48. The molecule has 0 aromatic heterocycles. The molecule has 1 amide bonds. The zero-order chi connectivity index (χ0) is 17.1. The number of nitrogens with one attached hydrogen (secondary N) is 3. The van der Waals surface area contributed by atoms with Gasteiger partial charge in [-0.05, 0) is 56.0 Å². The maximum Gasteiger partial charge on any atom is 0.242 e. The molecule has 1 aliphatic rings. The molecule has 7 heteroatoms. The first kappa shape index (κ1) is 17.7. The number of carbonyl (C=O) groups is 1. The highest BCUT2D eigenvalue weighted by Gasteiger charge is 2.37. The minimum absolute atomic E-state index is 0.0217. The standard InChI is InChI=1S/C16H25N3O3S/c1-4-23(21,22)19-13-8-6-12(7-9-13)18-15(20)14-16(2,3)10-5-11-17-14/h6-9,14,17,19H,4-5,10-11H2,1-3H3,(H,18,20). The zero-order valence-electron chi connectivity index (χ0n) is 13.8. The molecule has 0 spiro atoms. The van der Waals surface area contributed by atoms with Crippen molar-refractivity contribution in [3.63, 3.8) is 0 Å². The van der Waals surface area contributed by atoms with Crippen LogP contribution < -0.4 is 15.4 Å². The summed E-state index contributed by atoms with van der Waals surface area (Å²) in [6.07, 6.45) is 2.08. The second-order valence-electron chi connectivity index (χ2n) is 6.55. The average molecular weight is 339 g/mol.